The molecule has 0 saturated heterocycles. The number of benzene rings is 1. The lowest BCUT2D eigenvalue weighted by molar-refractivity contribution is -0.386. The predicted octanol–water partition coefficient (Wildman–Crippen LogP) is 4.54. The summed E-state index contributed by atoms with van der Waals surface area (Å²) >= 11 is 7.34. The molecule has 0 atom stereocenters. The number of alkyl halides is 1. The van der Waals surface area contributed by atoms with Crippen molar-refractivity contribution in [3.05, 3.63) is 55.8 Å². The molecule has 1 aromatic heterocycles. The van der Waals surface area contributed by atoms with Gasteiger partial charge < -0.3 is 4.74 Å². The van der Waals surface area contributed by atoms with Crippen LogP contribution in [0.1, 0.15) is 22.2 Å². The van der Waals surface area contributed by atoms with E-state index in [1.54, 1.807) is 23.5 Å². The number of hydrogen-bond donors (Lipinski definition) is 0. The smallest absolute Gasteiger partial charge is 0.311 e. The van der Waals surface area contributed by atoms with Crippen molar-refractivity contribution < 1.29 is 9.66 Å². The quantitative estimate of drug-likeness (QED) is 0.447. The van der Waals surface area contributed by atoms with Gasteiger partial charge in [-0.15, -0.1) is 22.9 Å². The van der Waals surface area contributed by atoms with Gasteiger partial charge in [0.15, 0.2) is 5.75 Å². The van der Waals surface area contributed by atoms with E-state index in [2.05, 4.69) is 6.92 Å². The second-order valence-corrected chi connectivity index (χ2v) is 5.72. The molecular weight excluding hydrogens is 298 g/mol. The molecule has 106 valence electrons. The number of nitro groups is 1. The van der Waals surface area contributed by atoms with E-state index in [0.717, 1.165) is 11.3 Å². The Labute approximate surface area is 126 Å². The zero-order valence-electron chi connectivity index (χ0n) is 11.0. The maximum absolute atomic E-state index is 11.0. The number of thiophene rings is 1. The molecule has 0 radical (unpaired) electrons. The van der Waals surface area contributed by atoms with Crippen LogP contribution in [-0.4, -0.2) is 4.92 Å². The van der Waals surface area contributed by atoms with Crippen LogP contribution < -0.4 is 4.74 Å². The fourth-order valence-corrected chi connectivity index (χ4v) is 2.79. The number of nitrogens with zero attached hydrogens (tertiary/aromatic N) is 1. The van der Waals surface area contributed by atoms with Crippen molar-refractivity contribution in [2.45, 2.75) is 25.8 Å². The van der Waals surface area contributed by atoms with Crippen molar-refractivity contribution in [1.82, 2.24) is 0 Å². The maximum Gasteiger partial charge on any atom is 0.311 e. The average molecular weight is 312 g/mol. The van der Waals surface area contributed by atoms with Gasteiger partial charge in [-0.1, -0.05) is 13.0 Å². The van der Waals surface area contributed by atoms with Gasteiger partial charge in [-0.25, -0.2) is 0 Å². The van der Waals surface area contributed by atoms with Crippen molar-refractivity contribution >= 4 is 28.6 Å². The van der Waals surface area contributed by atoms with E-state index >= 15 is 0 Å². The minimum absolute atomic E-state index is 0.0459. The summed E-state index contributed by atoms with van der Waals surface area (Å²) < 4.78 is 5.57. The van der Waals surface area contributed by atoms with E-state index in [1.807, 2.05) is 12.1 Å². The van der Waals surface area contributed by atoms with Crippen molar-refractivity contribution in [1.29, 1.82) is 0 Å². The average Bonchev–Trinajstić information content (AvgIpc) is 2.92. The SMILES string of the molecule is CCc1ccc(COc2ccc(CCl)cc2[N+](=O)[O-])s1. The fraction of sp³-hybridized carbons (Fsp3) is 0.286. The van der Waals surface area contributed by atoms with E-state index in [4.69, 9.17) is 16.3 Å². The van der Waals surface area contributed by atoms with Gasteiger partial charge in [0.2, 0.25) is 0 Å². The van der Waals surface area contributed by atoms with Crippen molar-refractivity contribution in [3.63, 3.8) is 0 Å². The number of hydrogen-bond acceptors (Lipinski definition) is 4. The predicted molar refractivity (Wildman–Crippen MR) is 80.7 cm³/mol. The van der Waals surface area contributed by atoms with E-state index in [0.29, 0.717) is 12.2 Å². The fourth-order valence-electron chi connectivity index (χ4n) is 1.75. The summed E-state index contributed by atoms with van der Waals surface area (Å²) in [6.45, 7) is 2.43. The van der Waals surface area contributed by atoms with Gasteiger partial charge in [-0.3, -0.25) is 10.1 Å². The van der Waals surface area contributed by atoms with Crippen LogP contribution in [0.25, 0.3) is 0 Å². The van der Waals surface area contributed by atoms with E-state index in [-0.39, 0.29) is 17.3 Å². The van der Waals surface area contributed by atoms with E-state index in [9.17, 15) is 10.1 Å². The third kappa shape index (κ3) is 3.49. The third-order valence-corrected chi connectivity index (χ3v) is 4.32. The number of aryl methyl sites for hydroxylation is 1. The summed E-state index contributed by atoms with van der Waals surface area (Å²) in [4.78, 5) is 12.9. The Kier molecular flexibility index (Phi) is 4.98. The van der Waals surface area contributed by atoms with Crippen LogP contribution >= 0.6 is 22.9 Å². The highest BCUT2D eigenvalue weighted by molar-refractivity contribution is 7.11. The molecule has 2 aromatic rings. The molecule has 4 nitrogen and oxygen atoms in total. The second kappa shape index (κ2) is 6.72. The Balaban J connectivity index is 2.14. The highest BCUT2D eigenvalue weighted by Crippen LogP contribution is 2.30. The van der Waals surface area contributed by atoms with Gasteiger partial charge in [0.25, 0.3) is 0 Å². The van der Waals surface area contributed by atoms with Crippen LogP contribution in [-0.2, 0) is 18.9 Å². The molecule has 0 spiro atoms. The van der Waals surface area contributed by atoms with Crippen LogP contribution in [0.2, 0.25) is 0 Å². The molecule has 2 rings (SSSR count). The minimum Gasteiger partial charge on any atom is -0.481 e. The normalized spacial score (nSPS) is 10.5. The molecule has 0 saturated carbocycles. The zero-order chi connectivity index (χ0) is 14.5. The van der Waals surface area contributed by atoms with Crippen LogP contribution in [0.3, 0.4) is 0 Å². The number of rotatable bonds is 6. The summed E-state index contributed by atoms with van der Waals surface area (Å²) in [6, 6.07) is 8.83. The number of halogens is 1. The molecule has 0 N–H and O–H groups in total. The van der Waals surface area contributed by atoms with Crippen LogP contribution in [0.15, 0.2) is 30.3 Å². The summed E-state index contributed by atoms with van der Waals surface area (Å²) in [7, 11) is 0. The summed E-state index contributed by atoms with van der Waals surface area (Å²) in [5.41, 5.74) is 0.658. The van der Waals surface area contributed by atoms with Gasteiger partial charge in [0.1, 0.15) is 6.61 Å². The largest absolute Gasteiger partial charge is 0.481 e. The van der Waals surface area contributed by atoms with Gasteiger partial charge in [0.05, 0.1) is 4.92 Å². The number of nitro benzene ring substituents is 1. The molecule has 1 heterocycles. The molecule has 0 unspecified atom stereocenters. The summed E-state index contributed by atoms with van der Waals surface area (Å²) in [5, 5.41) is 11.0. The molecule has 0 fully saturated rings. The molecular formula is C14H14ClNO3S. The molecule has 20 heavy (non-hydrogen) atoms. The standard InChI is InChI=1S/C14H14ClNO3S/c1-2-11-4-5-12(20-11)9-19-14-6-3-10(8-15)7-13(14)16(17)18/h3-7H,2,8-9H2,1H3. The topological polar surface area (TPSA) is 52.4 Å². The number of ether oxygens (including phenoxy) is 1. The van der Waals surface area contributed by atoms with Gasteiger partial charge in [0, 0.05) is 21.7 Å². The molecule has 1 aromatic carbocycles. The first kappa shape index (κ1) is 14.8. The Morgan fingerprint density at radius 2 is 2.05 bits per heavy atom. The molecule has 0 bridgehead atoms. The van der Waals surface area contributed by atoms with E-state index in [1.165, 1.54) is 10.9 Å². The molecule has 0 aliphatic heterocycles. The Morgan fingerprint density at radius 1 is 1.30 bits per heavy atom. The van der Waals surface area contributed by atoms with E-state index < -0.39 is 4.92 Å². The minimum atomic E-state index is -0.447. The van der Waals surface area contributed by atoms with Crippen molar-refractivity contribution in [3.8, 4) is 5.75 Å². The van der Waals surface area contributed by atoms with Gasteiger partial charge >= 0.3 is 5.69 Å². The first-order valence-electron chi connectivity index (χ1n) is 6.17. The molecule has 6 heteroatoms. The van der Waals surface area contributed by atoms with Crippen LogP contribution in [0.5, 0.6) is 5.75 Å². The summed E-state index contributed by atoms with van der Waals surface area (Å²) in [5.74, 6) is 0.515. The van der Waals surface area contributed by atoms with Crippen LogP contribution in [0.4, 0.5) is 5.69 Å². The zero-order valence-corrected chi connectivity index (χ0v) is 12.5. The Bertz CT molecular complexity index is 612. The lowest BCUT2D eigenvalue weighted by atomic mass is 10.2. The van der Waals surface area contributed by atoms with Crippen molar-refractivity contribution in [2.75, 3.05) is 0 Å². The second-order valence-electron chi connectivity index (χ2n) is 4.20. The third-order valence-electron chi connectivity index (χ3n) is 2.81. The first-order chi connectivity index (χ1) is 9.63. The molecule has 0 aliphatic rings. The Hall–Kier alpha value is -1.59. The van der Waals surface area contributed by atoms with Crippen molar-refractivity contribution in [2.24, 2.45) is 0 Å². The lowest BCUT2D eigenvalue weighted by Gasteiger charge is -2.06. The monoisotopic (exact) mass is 311 g/mol. The lowest BCUT2D eigenvalue weighted by Crippen LogP contribution is -1.98. The van der Waals surface area contributed by atoms with Crippen LogP contribution in [0, 0.1) is 10.1 Å². The highest BCUT2D eigenvalue weighted by atomic mass is 35.5. The highest BCUT2D eigenvalue weighted by Gasteiger charge is 2.16. The van der Waals surface area contributed by atoms with Gasteiger partial charge in [-0.05, 0) is 30.2 Å². The molecule has 0 amide bonds. The Morgan fingerprint density at radius 3 is 2.65 bits per heavy atom. The maximum atomic E-state index is 11.0. The summed E-state index contributed by atoms with van der Waals surface area (Å²) in [6.07, 6.45) is 0.981. The van der Waals surface area contributed by atoms with Gasteiger partial charge in [-0.2, -0.15) is 0 Å². The molecule has 0 aliphatic carbocycles. The first-order valence-corrected chi connectivity index (χ1v) is 7.52.